The zero-order valence-corrected chi connectivity index (χ0v) is 11.0. The number of esters is 1. The third kappa shape index (κ3) is 3.12. The van der Waals surface area contributed by atoms with E-state index in [9.17, 15) is 4.79 Å². The van der Waals surface area contributed by atoms with Crippen LogP contribution in [0.4, 0.5) is 5.69 Å². The molecule has 20 heavy (non-hydrogen) atoms. The Morgan fingerprint density at radius 3 is 3.00 bits per heavy atom. The van der Waals surface area contributed by atoms with Gasteiger partial charge in [-0.3, -0.25) is 0 Å². The van der Waals surface area contributed by atoms with Crippen molar-refractivity contribution >= 4 is 11.7 Å². The topological polar surface area (TPSA) is 75.0 Å². The van der Waals surface area contributed by atoms with Gasteiger partial charge in [0, 0.05) is 12.7 Å². The number of nitriles is 1. The van der Waals surface area contributed by atoms with E-state index < -0.39 is 5.97 Å². The van der Waals surface area contributed by atoms with Crippen molar-refractivity contribution in [2.45, 2.75) is 6.54 Å². The fraction of sp³-hybridized carbons (Fsp3) is 0.133. The summed E-state index contributed by atoms with van der Waals surface area (Å²) in [5.74, 6) is -0.487. The highest BCUT2D eigenvalue weighted by molar-refractivity contribution is 5.93. The van der Waals surface area contributed by atoms with Crippen molar-refractivity contribution in [1.82, 2.24) is 4.98 Å². The molecule has 1 aromatic carbocycles. The molecule has 0 amide bonds. The summed E-state index contributed by atoms with van der Waals surface area (Å²) in [5, 5.41) is 12.0. The van der Waals surface area contributed by atoms with Gasteiger partial charge < -0.3 is 10.1 Å². The molecule has 0 radical (unpaired) electrons. The Hall–Kier alpha value is -2.87. The van der Waals surface area contributed by atoms with Gasteiger partial charge in [-0.05, 0) is 29.8 Å². The fourth-order valence-electron chi connectivity index (χ4n) is 1.76. The van der Waals surface area contributed by atoms with E-state index in [1.807, 2.05) is 12.1 Å². The lowest BCUT2D eigenvalue weighted by Gasteiger charge is -2.09. The Kier molecular flexibility index (Phi) is 4.30. The number of hydrogen-bond acceptors (Lipinski definition) is 5. The summed E-state index contributed by atoms with van der Waals surface area (Å²) < 4.78 is 4.68. The van der Waals surface area contributed by atoms with Crippen molar-refractivity contribution in [2.24, 2.45) is 0 Å². The number of carbonyl (C=O) groups excluding carboxylic acids is 1. The van der Waals surface area contributed by atoms with Crippen LogP contribution in [0, 0.1) is 11.3 Å². The minimum atomic E-state index is -0.487. The van der Waals surface area contributed by atoms with Crippen LogP contribution in [0.5, 0.6) is 0 Å². The van der Waals surface area contributed by atoms with Crippen molar-refractivity contribution in [3.63, 3.8) is 0 Å². The smallest absolute Gasteiger partial charge is 0.358 e. The van der Waals surface area contributed by atoms with Crippen LogP contribution in [0.2, 0.25) is 0 Å². The van der Waals surface area contributed by atoms with Gasteiger partial charge in [-0.1, -0.05) is 12.1 Å². The molecule has 2 aromatic rings. The summed E-state index contributed by atoms with van der Waals surface area (Å²) in [5.41, 5.74) is 2.39. The summed E-state index contributed by atoms with van der Waals surface area (Å²) in [4.78, 5) is 15.6. The van der Waals surface area contributed by atoms with Gasteiger partial charge in [0.25, 0.3) is 0 Å². The zero-order chi connectivity index (χ0) is 14.4. The second kappa shape index (κ2) is 6.34. The largest absolute Gasteiger partial charge is 0.464 e. The molecule has 2 rings (SSSR count). The number of methoxy groups -OCH3 is 1. The van der Waals surface area contributed by atoms with Gasteiger partial charge in [0.2, 0.25) is 0 Å². The number of benzene rings is 1. The van der Waals surface area contributed by atoms with Crippen molar-refractivity contribution in [1.29, 1.82) is 5.26 Å². The molecule has 5 nitrogen and oxygen atoms in total. The molecule has 1 aromatic heterocycles. The van der Waals surface area contributed by atoms with Gasteiger partial charge in [-0.15, -0.1) is 0 Å². The molecule has 0 aliphatic carbocycles. The van der Waals surface area contributed by atoms with Crippen LogP contribution < -0.4 is 5.32 Å². The maximum Gasteiger partial charge on any atom is 0.358 e. The van der Waals surface area contributed by atoms with E-state index in [4.69, 9.17) is 5.26 Å². The fourth-order valence-corrected chi connectivity index (χ4v) is 1.76. The molecule has 0 saturated heterocycles. The summed E-state index contributed by atoms with van der Waals surface area (Å²) in [7, 11) is 1.32. The second-order valence-corrected chi connectivity index (χ2v) is 4.06. The Morgan fingerprint density at radius 2 is 2.25 bits per heavy atom. The van der Waals surface area contributed by atoms with Crippen LogP contribution in [0.3, 0.4) is 0 Å². The SMILES string of the molecule is COC(=O)c1ncccc1NCc1cccc(C#N)c1. The molecule has 0 aliphatic rings. The molecule has 0 fully saturated rings. The number of pyridine rings is 1. The second-order valence-electron chi connectivity index (χ2n) is 4.06. The molecule has 0 unspecified atom stereocenters. The van der Waals surface area contributed by atoms with Gasteiger partial charge in [-0.2, -0.15) is 5.26 Å². The first-order valence-corrected chi connectivity index (χ1v) is 6.01. The number of nitrogens with zero attached hydrogens (tertiary/aromatic N) is 2. The molecular formula is C15H13N3O2. The first-order chi connectivity index (χ1) is 9.74. The van der Waals surface area contributed by atoms with Crippen LogP contribution >= 0.6 is 0 Å². The van der Waals surface area contributed by atoms with Crippen LogP contribution in [0.1, 0.15) is 21.6 Å². The predicted molar refractivity (Wildman–Crippen MR) is 74.1 cm³/mol. The maximum absolute atomic E-state index is 11.6. The molecular weight excluding hydrogens is 254 g/mol. The number of ether oxygens (including phenoxy) is 1. The average Bonchev–Trinajstić information content (AvgIpc) is 2.52. The Labute approximate surface area is 116 Å². The van der Waals surface area contributed by atoms with E-state index in [1.165, 1.54) is 13.3 Å². The number of anilines is 1. The molecule has 1 heterocycles. The summed E-state index contributed by atoms with van der Waals surface area (Å²) in [6, 6.07) is 12.8. The number of rotatable bonds is 4. The number of nitrogens with one attached hydrogen (secondary N) is 1. The molecule has 0 aliphatic heterocycles. The lowest BCUT2D eigenvalue weighted by molar-refractivity contribution is 0.0595. The number of carbonyl (C=O) groups is 1. The highest BCUT2D eigenvalue weighted by Gasteiger charge is 2.12. The standard InChI is InChI=1S/C15H13N3O2/c1-20-15(19)14-13(6-3-7-17-14)18-10-12-5-2-4-11(8-12)9-16/h2-8,18H,10H2,1H3. The summed E-state index contributed by atoms with van der Waals surface area (Å²) >= 11 is 0. The minimum Gasteiger partial charge on any atom is -0.464 e. The first kappa shape index (κ1) is 13.6. The molecule has 0 bridgehead atoms. The van der Waals surface area contributed by atoms with E-state index in [-0.39, 0.29) is 5.69 Å². The lowest BCUT2D eigenvalue weighted by Crippen LogP contribution is -2.10. The van der Waals surface area contributed by atoms with Gasteiger partial charge >= 0.3 is 5.97 Å². The quantitative estimate of drug-likeness (QED) is 0.861. The number of hydrogen-bond donors (Lipinski definition) is 1. The van der Waals surface area contributed by atoms with Crippen molar-refractivity contribution < 1.29 is 9.53 Å². The first-order valence-electron chi connectivity index (χ1n) is 6.01. The molecule has 0 saturated carbocycles. The van der Waals surface area contributed by atoms with Gasteiger partial charge in [-0.25, -0.2) is 9.78 Å². The predicted octanol–water partition coefficient (Wildman–Crippen LogP) is 2.35. The van der Waals surface area contributed by atoms with E-state index in [0.717, 1.165) is 5.56 Å². The monoisotopic (exact) mass is 267 g/mol. The van der Waals surface area contributed by atoms with Crippen molar-refractivity contribution in [3.8, 4) is 6.07 Å². The molecule has 0 spiro atoms. The maximum atomic E-state index is 11.6. The van der Waals surface area contributed by atoms with Crippen LogP contribution in [0.25, 0.3) is 0 Å². The minimum absolute atomic E-state index is 0.242. The molecule has 0 atom stereocenters. The Balaban J connectivity index is 2.15. The van der Waals surface area contributed by atoms with E-state index in [1.54, 1.807) is 24.3 Å². The third-order valence-electron chi connectivity index (χ3n) is 2.73. The van der Waals surface area contributed by atoms with Crippen LogP contribution in [-0.2, 0) is 11.3 Å². The highest BCUT2D eigenvalue weighted by atomic mass is 16.5. The zero-order valence-electron chi connectivity index (χ0n) is 11.0. The molecule has 5 heteroatoms. The van der Waals surface area contributed by atoms with Crippen molar-refractivity contribution in [2.75, 3.05) is 12.4 Å². The molecule has 100 valence electrons. The average molecular weight is 267 g/mol. The van der Waals surface area contributed by atoms with E-state index in [2.05, 4.69) is 21.1 Å². The lowest BCUT2D eigenvalue weighted by atomic mass is 10.1. The number of aromatic nitrogens is 1. The summed E-state index contributed by atoms with van der Waals surface area (Å²) in [6.07, 6.45) is 1.54. The summed E-state index contributed by atoms with van der Waals surface area (Å²) in [6.45, 7) is 0.491. The molecule has 1 N–H and O–H groups in total. The van der Waals surface area contributed by atoms with Gasteiger partial charge in [0.05, 0.1) is 24.4 Å². The van der Waals surface area contributed by atoms with Crippen molar-refractivity contribution in [3.05, 3.63) is 59.4 Å². The van der Waals surface area contributed by atoms with Gasteiger partial charge in [0.15, 0.2) is 5.69 Å². The van der Waals surface area contributed by atoms with Crippen LogP contribution in [0.15, 0.2) is 42.6 Å². The van der Waals surface area contributed by atoms with Gasteiger partial charge in [0.1, 0.15) is 0 Å². The highest BCUT2D eigenvalue weighted by Crippen LogP contribution is 2.15. The Bertz CT molecular complexity index is 662. The normalized spacial score (nSPS) is 9.60. The van der Waals surface area contributed by atoms with E-state index in [0.29, 0.717) is 17.8 Å². The third-order valence-corrected chi connectivity index (χ3v) is 2.73. The van der Waals surface area contributed by atoms with Crippen LogP contribution in [-0.4, -0.2) is 18.1 Å². The van der Waals surface area contributed by atoms with E-state index >= 15 is 0 Å². The Morgan fingerprint density at radius 1 is 1.40 bits per heavy atom.